The van der Waals surface area contributed by atoms with Gasteiger partial charge in [-0.3, -0.25) is 16.3 Å². The van der Waals surface area contributed by atoms with Crippen LogP contribution in [0.1, 0.15) is 17.2 Å². The molecule has 2 atom stereocenters. The first-order valence-electron chi connectivity index (χ1n) is 6.21. The van der Waals surface area contributed by atoms with E-state index in [0.29, 0.717) is 13.2 Å². The number of hydrogen-bond acceptors (Lipinski definition) is 5. The van der Waals surface area contributed by atoms with Crippen LogP contribution in [0.4, 0.5) is 13.2 Å². The van der Waals surface area contributed by atoms with E-state index in [0.717, 1.165) is 18.8 Å². The van der Waals surface area contributed by atoms with Crippen molar-refractivity contribution in [2.24, 2.45) is 5.84 Å². The van der Waals surface area contributed by atoms with Gasteiger partial charge in [-0.2, -0.15) is 13.2 Å². The van der Waals surface area contributed by atoms with Gasteiger partial charge in [0, 0.05) is 31.0 Å². The number of pyridine rings is 1. The average Bonchev–Trinajstić information content (AvgIpc) is 2.39. The number of aromatic nitrogens is 1. The molecule has 1 aromatic rings. The fraction of sp³-hybridized carbons (Fsp3) is 0.583. The van der Waals surface area contributed by atoms with E-state index in [1.165, 1.54) is 6.20 Å². The molecule has 3 N–H and O–H groups in total. The fourth-order valence-corrected chi connectivity index (χ4v) is 2.32. The number of hydrogen-bond donors (Lipinski definition) is 2. The summed E-state index contributed by atoms with van der Waals surface area (Å²) in [7, 11) is 1.89. The number of ether oxygens (including phenoxy) is 1. The molecule has 20 heavy (non-hydrogen) atoms. The number of rotatable bonds is 3. The second-order valence-corrected chi connectivity index (χ2v) is 4.78. The largest absolute Gasteiger partial charge is 0.416 e. The van der Waals surface area contributed by atoms with Crippen LogP contribution in [0.15, 0.2) is 18.5 Å². The Hall–Kier alpha value is -1.22. The average molecular weight is 290 g/mol. The number of morpholine rings is 1. The molecule has 0 spiro atoms. The van der Waals surface area contributed by atoms with Gasteiger partial charge in [-0.25, -0.2) is 0 Å². The van der Waals surface area contributed by atoms with Crippen LogP contribution < -0.4 is 11.3 Å². The number of halogens is 3. The summed E-state index contributed by atoms with van der Waals surface area (Å²) < 4.78 is 44.7. The number of hydrazine groups is 1. The summed E-state index contributed by atoms with van der Waals surface area (Å²) in [5, 5.41) is 0. The molecule has 0 aliphatic carbocycles. The van der Waals surface area contributed by atoms with Gasteiger partial charge in [0.15, 0.2) is 0 Å². The molecular weight excluding hydrogens is 273 g/mol. The lowest BCUT2D eigenvalue weighted by molar-refractivity contribution is -0.139. The van der Waals surface area contributed by atoms with E-state index in [-0.39, 0.29) is 5.56 Å². The summed E-state index contributed by atoms with van der Waals surface area (Å²) in [6.45, 7) is 1.70. The second kappa shape index (κ2) is 6.04. The highest BCUT2D eigenvalue weighted by molar-refractivity contribution is 5.30. The Balaban J connectivity index is 2.32. The van der Waals surface area contributed by atoms with Crippen LogP contribution >= 0.6 is 0 Å². The lowest BCUT2D eigenvalue weighted by Crippen LogP contribution is -2.48. The minimum Gasteiger partial charge on any atom is -0.374 e. The lowest BCUT2D eigenvalue weighted by Gasteiger charge is -2.35. The van der Waals surface area contributed by atoms with E-state index in [2.05, 4.69) is 10.4 Å². The van der Waals surface area contributed by atoms with Gasteiger partial charge in [0.25, 0.3) is 0 Å². The molecule has 1 saturated heterocycles. The molecule has 0 radical (unpaired) electrons. The zero-order valence-electron chi connectivity index (χ0n) is 11.0. The quantitative estimate of drug-likeness (QED) is 0.640. The molecule has 0 amide bonds. The first kappa shape index (κ1) is 15.2. The maximum absolute atomic E-state index is 13.0. The van der Waals surface area contributed by atoms with Gasteiger partial charge in [0.2, 0.25) is 0 Å². The molecular formula is C12H17F3N4O. The van der Waals surface area contributed by atoms with E-state index in [1.807, 2.05) is 11.9 Å². The number of nitrogens with two attached hydrogens (primary N) is 1. The summed E-state index contributed by atoms with van der Waals surface area (Å²) in [4.78, 5) is 5.77. The molecule has 2 heterocycles. The van der Waals surface area contributed by atoms with Crippen LogP contribution in [0.3, 0.4) is 0 Å². The maximum atomic E-state index is 13.0. The summed E-state index contributed by atoms with van der Waals surface area (Å²) >= 11 is 0. The number of alkyl halides is 3. The van der Waals surface area contributed by atoms with E-state index in [9.17, 15) is 13.2 Å². The Morgan fingerprint density at radius 3 is 2.90 bits per heavy atom. The van der Waals surface area contributed by atoms with Crippen molar-refractivity contribution >= 4 is 0 Å². The van der Waals surface area contributed by atoms with Crippen molar-refractivity contribution in [3.8, 4) is 0 Å². The summed E-state index contributed by atoms with van der Waals surface area (Å²) in [5.41, 5.74) is 1.69. The van der Waals surface area contributed by atoms with Crippen LogP contribution in [0.2, 0.25) is 0 Å². The molecule has 5 nitrogen and oxygen atoms in total. The van der Waals surface area contributed by atoms with Crippen molar-refractivity contribution in [2.45, 2.75) is 18.3 Å². The van der Waals surface area contributed by atoms with E-state index >= 15 is 0 Å². The highest BCUT2D eigenvalue weighted by Crippen LogP contribution is 2.35. The molecule has 0 saturated carbocycles. The first-order valence-corrected chi connectivity index (χ1v) is 6.21. The zero-order valence-corrected chi connectivity index (χ0v) is 11.0. The predicted octanol–water partition coefficient (Wildman–Crippen LogP) is 0.935. The molecule has 1 aliphatic heterocycles. The normalized spacial score (nSPS) is 22.8. The number of nitrogens with one attached hydrogen (secondary N) is 1. The lowest BCUT2D eigenvalue weighted by atomic mass is 9.97. The van der Waals surface area contributed by atoms with Gasteiger partial charge in [0.05, 0.1) is 24.3 Å². The van der Waals surface area contributed by atoms with E-state index in [1.54, 1.807) is 0 Å². The standard InChI is InChI=1S/C12H17F3N4O/c1-19-4-5-20-10(7-19)11(18-16)8-6-17-3-2-9(8)12(13,14)15/h2-3,6,10-11,18H,4-5,7,16H2,1H3. The van der Waals surface area contributed by atoms with Crippen molar-refractivity contribution in [1.29, 1.82) is 0 Å². The zero-order chi connectivity index (χ0) is 14.8. The van der Waals surface area contributed by atoms with E-state index < -0.39 is 23.9 Å². The maximum Gasteiger partial charge on any atom is 0.416 e. The first-order chi connectivity index (χ1) is 9.43. The monoisotopic (exact) mass is 290 g/mol. The highest BCUT2D eigenvalue weighted by Gasteiger charge is 2.38. The Bertz CT molecular complexity index is 455. The second-order valence-electron chi connectivity index (χ2n) is 4.78. The molecule has 1 fully saturated rings. The third kappa shape index (κ3) is 3.26. The summed E-state index contributed by atoms with van der Waals surface area (Å²) in [6, 6.07) is 0.190. The Kier molecular flexibility index (Phi) is 4.59. The van der Waals surface area contributed by atoms with Crippen molar-refractivity contribution in [2.75, 3.05) is 26.7 Å². The molecule has 1 aromatic heterocycles. The van der Waals surface area contributed by atoms with Crippen molar-refractivity contribution < 1.29 is 17.9 Å². The van der Waals surface area contributed by atoms with Crippen LogP contribution in [0, 0.1) is 0 Å². The molecule has 1 aliphatic rings. The van der Waals surface area contributed by atoms with Crippen LogP contribution in [0.5, 0.6) is 0 Å². The number of likely N-dealkylation sites (N-methyl/N-ethyl adjacent to an activating group) is 1. The Morgan fingerprint density at radius 1 is 1.55 bits per heavy atom. The van der Waals surface area contributed by atoms with Crippen LogP contribution in [-0.4, -0.2) is 42.7 Å². The highest BCUT2D eigenvalue weighted by atomic mass is 19.4. The minimum absolute atomic E-state index is 0.00259. The Morgan fingerprint density at radius 2 is 2.30 bits per heavy atom. The van der Waals surface area contributed by atoms with Crippen molar-refractivity contribution in [3.63, 3.8) is 0 Å². The molecule has 112 valence electrons. The van der Waals surface area contributed by atoms with E-state index in [4.69, 9.17) is 10.6 Å². The SMILES string of the molecule is CN1CCOC(C(NN)c2cnccc2C(F)(F)F)C1. The topological polar surface area (TPSA) is 63.4 Å². The molecule has 8 heteroatoms. The molecule has 0 aromatic carbocycles. The van der Waals surface area contributed by atoms with Gasteiger partial charge < -0.3 is 9.64 Å². The van der Waals surface area contributed by atoms with Gasteiger partial charge in [-0.1, -0.05) is 0 Å². The van der Waals surface area contributed by atoms with Gasteiger partial charge in [0.1, 0.15) is 0 Å². The van der Waals surface area contributed by atoms with Gasteiger partial charge in [-0.05, 0) is 13.1 Å². The van der Waals surface area contributed by atoms with Gasteiger partial charge >= 0.3 is 6.18 Å². The summed E-state index contributed by atoms with van der Waals surface area (Å²) in [6.07, 6.45) is -2.60. The van der Waals surface area contributed by atoms with Gasteiger partial charge in [-0.15, -0.1) is 0 Å². The molecule has 2 rings (SSSR count). The van der Waals surface area contributed by atoms with Crippen LogP contribution in [-0.2, 0) is 10.9 Å². The number of nitrogens with zero attached hydrogens (tertiary/aromatic N) is 2. The fourth-order valence-electron chi connectivity index (χ4n) is 2.32. The Labute approximate surface area is 114 Å². The summed E-state index contributed by atoms with van der Waals surface area (Å²) in [5.74, 6) is 5.45. The predicted molar refractivity (Wildman–Crippen MR) is 66.5 cm³/mol. The third-order valence-electron chi connectivity index (χ3n) is 3.34. The van der Waals surface area contributed by atoms with Crippen molar-refractivity contribution in [1.82, 2.24) is 15.3 Å². The third-order valence-corrected chi connectivity index (χ3v) is 3.34. The minimum atomic E-state index is -4.45. The molecule has 2 unspecified atom stereocenters. The van der Waals surface area contributed by atoms with Crippen LogP contribution in [0.25, 0.3) is 0 Å². The molecule has 0 bridgehead atoms. The smallest absolute Gasteiger partial charge is 0.374 e. The van der Waals surface area contributed by atoms with Crippen molar-refractivity contribution in [3.05, 3.63) is 29.6 Å².